The Kier molecular flexibility index (Phi) is 5.20. The molecule has 1 aromatic carbocycles. The van der Waals surface area contributed by atoms with Gasteiger partial charge in [0.05, 0.1) is 24.8 Å². The first-order valence-electron chi connectivity index (χ1n) is 7.83. The highest BCUT2D eigenvalue weighted by atomic mass is 16.5. The second kappa shape index (κ2) is 7.73. The summed E-state index contributed by atoms with van der Waals surface area (Å²) in [7, 11) is 0. The van der Waals surface area contributed by atoms with Gasteiger partial charge in [0.25, 0.3) is 0 Å². The van der Waals surface area contributed by atoms with Gasteiger partial charge in [0, 0.05) is 25.8 Å². The number of rotatable bonds is 5. The minimum atomic E-state index is 0.276. The maximum Gasteiger partial charge on any atom is 0.126 e. The quantitative estimate of drug-likeness (QED) is 0.919. The molecule has 5 nitrogen and oxygen atoms in total. The molecule has 3 rings (SSSR count). The van der Waals surface area contributed by atoms with Crippen LogP contribution in [-0.2, 0) is 4.74 Å². The topological polar surface area (TPSA) is 61.2 Å². The number of benzene rings is 1. The summed E-state index contributed by atoms with van der Waals surface area (Å²) < 4.78 is 5.47. The second-order valence-corrected chi connectivity index (χ2v) is 5.50. The van der Waals surface area contributed by atoms with Gasteiger partial charge in [-0.2, -0.15) is 5.26 Å². The first-order chi connectivity index (χ1) is 11.4. The van der Waals surface area contributed by atoms with Crippen molar-refractivity contribution in [1.82, 2.24) is 9.88 Å². The van der Waals surface area contributed by atoms with E-state index in [2.05, 4.69) is 45.5 Å². The number of nitrogens with one attached hydrogen (secondary N) is 1. The summed E-state index contributed by atoms with van der Waals surface area (Å²) in [5.41, 5.74) is 1.86. The Morgan fingerprint density at radius 3 is 2.61 bits per heavy atom. The average Bonchev–Trinajstić information content (AvgIpc) is 2.64. The zero-order valence-corrected chi connectivity index (χ0v) is 13.0. The lowest BCUT2D eigenvalue weighted by molar-refractivity contribution is 0.0187. The summed E-state index contributed by atoms with van der Waals surface area (Å²) in [6.45, 7) is 4.18. The molecule has 1 aliphatic rings. The Labute approximate surface area is 136 Å². The van der Waals surface area contributed by atoms with E-state index in [1.165, 1.54) is 5.56 Å². The fraction of sp³-hybridized carbons (Fsp3) is 0.333. The lowest BCUT2D eigenvalue weighted by atomic mass is 10.0. The zero-order chi connectivity index (χ0) is 15.9. The number of nitriles is 1. The van der Waals surface area contributed by atoms with Crippen LogP contribution in [0.4, 0.5) is 5.82 Å². The van der Waals surface area contributed by atoms with Gasteiger partial charge in [-0.15, -0.1) is 0 Å². The maximum absolute atomic E-state index is 8.84. The summed E-state index contributed by atoms with van der Waals surface area (Å²) in [4.78, 5) is 6.72. The molecule has 0 amide bonds. The molecule has 0 saturated carbocycles. The molecule has 0 aliphatic carbocycles. The highest BCUT2D eigenvalue weighted by molar-refractivity contribution is 5.39. The van der Waals surface area contributed by atoms with Crippen molar-refractivity contribution < 1.29 is 4.74 Å². The van der Waals surface area contributed by atoms with E-state index < -0.39 is 0 Å². The van der Waals surface area contributed by atoms with Crippen molar-refractivity contribution in [3.8, 4) is 6.07 Å². The van der Waals surface area contributed by atoms with Crippen LogP contribution in [0.15, 0.2) is 48.7 Å². The maximum atomic E-state index is 8.84. The van der Waals surface area contributed by atoms with E-state index in [0.29, 0.717) is 5.56 Å². The fourth-order valence-corrected chi connectivity index (χ4v) is 2.79. The summed E-state index contributed by atoms with van der Waals surface area (Å²) in [5, 5.41) is 12.2. The normalized spacial score (nSPS) is 16.5. The SMILES string of the molecule is N#Cc1ccc(NC[C@H](c2ccccc2)N2CCOCC2)nc1. The Hall–Kier alpha value is -2.42. The van der Waals surface area contributed by atoms with Gasteiger partial charge in [0.1, 0.15) is 11.9 Å². The molecule has 5 heteroatoms. The minimum absolute atomic E-state index is 0.276. The van der Waals surface area contributed by atoms with Crippen LogP contribution in [0.2, 0.25) is 0 Å². The first kappa shape index (κ1) is 15.5. The smallest absolute Gasteiger partial charge is 0.126 e. The van der Waals surface area contributed by atoms with Crippen LogP contribution in [0.25, 0.3) is 0 Å². The highest BCUT2D eigenvalue weighted by Crippen LogP contribution is 2.22. The van der Waals surface area contributed by atoms with Gasteiger partial charge in [-0.05, 0) is 17.7 Å². The number of nitrogens with zero attached hydrogens (tertiary/aromatic N) is 3. The second-order valence-electron chi connectivity index (χ2n) is 5.50. The molecule has 118 valence electrons. The van der Waals surface area contributed by atoms with Crippen LogP contribution in [0.3, 0.4) is 0 Å². The minimum Gasteiger partial charge on any atom is -0.379 e. The molecule has 1 fully saturated rings. The van der Waals surface area contributed by atoms with Crippen molar-refractivity contribution in [2.24, 2.45) is 0 Å². The predicted molar refractivity (Wildman–Crippen MR) is 89.0 cm³/mol. The number of anilines is 1. The van der Waals surface area contributed by atoms with E-state index in [1.54, 1.807) is 12.3 Å². The number of pyridine rings is 1. The third-order valence-electron chi connectivity index (χ3n) is 4.04. The Balaban J connectivity index is 1.71. The van der Waals surface area contributed by atoms with Crippen molar-refractivity contribution in [1.29, 1.82) is 5.26 Å². The van der Waals surface area contributed by atoms with Gasteiger partial charge >= 0.3 is 0 Å². The number of aromatic nitrogens is 1. The zero-order valence-electron chi connectivity index (χ0n) is 13.0. The highest BCUT2D eigenvalue weighted by Gasteiger charge is 2.22. The fourth-order valence-electron chi connectivity index (χ4n) is 2.79. The van der Waals surface area contributed by atoms with Crippen LogP contribution in [0.5, 0.6) is 0 Å². The van der Waals surface area contributed by atoms with Crippen molar-refractivity contribution in [3.63, 3.8) is 0 Å². The van der Waals surface area contributed by atoms with E-state index in [0.717, 1.165) is 38.7 Å². The van der Waals surface area contributed by atoms with Crippen molar-refractivity contribution >= 4 is 5.82 Å². The summed E-state index contributed by atoms with van der Waals surface area (Å²) in [6.07, 6.45) is 1.59. The van der Waals surface area contributed by atoms with Crippen LogP contribution in [0.1, 0.15) is 17.2 Å². The van der Waals surface area contributed by atoms with Crippen molar-refractivity contribution in [2.45, 2.75) is 6.04 Å². The number of morpholine rings is 1. The number of ether oxygens (including phenoxy) is 1. The monoisotopic (exact) mass is 308 g/mol. The molecule has 0 bridgehead atoms. The van der Waals surface area contributed by atoms with Gasteiger partial charge < -0.3 is 10.1 Å². The van der Waals surface area contributed by atoms with Crippen LogP contribution in [-0.4, -0.2) is 42.7 Å². The van der Waals surface area contributed by atoms with Gasteiger partial charge in [-0.25, -0.2) is 4.98 Å². The summed E-state index contributed by atoms with van der Waals surface area (Å²) >= 11 is 0. The van der Waals surface area contributed by atoms with E-state index in [-0.39, 0.29) is 6.04 Å². The molecule has 1 aromatic heterocycles. The van der Waals surface area contributed by atoms with Crippen LogP contribution < -0.4 is 5.32 Å². The standard InChI is InChI=1S/C18H20N4O/c19-12-15-6-7-18(20-13-15)21-14-17(16-4-2-1-3-5-16)22-8-10-23-11-9-22/h1-7,13,17H,8-11,14H2,(H,20,21)/t17-/m1/s1. The van der Waals surface area contributed by atoms with E-state index in [4.69, 9.17) is 10.00 Å². The molecule has 1 saturated heterocycles. The molecule has 1 atom stereocenters. The molecular weight excluding hydrogens is 288 g/mol. The molecule has 2 heterocycles. The van der Waals surface area contributed by atoms with E-state index in [1.807, 2.05) is 12.1 Å². The number of hydrogen-bond acceptors (Lipinski definition) is 5. The van der Waals surface area contributed by atoms with Gasteiger partial charge in [-0.3, -0.25) is 4.90 Å². The lowest BCUT2D eigenvalue weighted by Crippen LogP contribution is -2.41. The number of hydrogen-bond donors (Lipinski definition) is 1. The van der Waals surface area contributed by atoms with Crippen molar-refractivity contribution in [3.05, 3.63) is 59.8 Å². The molecule has 1 N–H and O–H groups in total. The molecule has 23 heavy (non-hydrogen) atoms. The Morgan fingerprint density at radius 1 is 1.17 bits per heavy atom. The van der Waals surface area contributed by atoms with Gasteiger partial charge in [-0.1, -0.05) is 30.3 Å². The van der Waals surface area contributed by atoms with E-state index in [9.17, 15) is 0 Å². The largest absolute Gasteiger partial charge is 0.379 e. The molecular formula is C18H20N4O. The molecule has 0 spiro atoms. The van der Waals surface area contributed by atoms with Gasteiger partial charge in [0.15, 0.2) is 0 Å². The summed E-state index contributed by atoms with van der Waals surface area (Å²) in [6, 6.07) is 16.5. The molecule has 0 unspecified atom stereocenters. The Bertz CT molecular complexity index is 645. The first-order valence-corrected chi connectivity index (χ1v) is 7.83. The molecule has 1 aliphatic heterocycles. The molecule has 0 radical (unpaired) electrons. The lowest BCUT2D eigenvalue weighted by Gasteiger charge is -2.35. The third-order valence-corrected chi connectivity index (χ3v) is 4.04. The Morgan fingerprint density at radius 2 is 1.96 bits per heavy atom. The van der Waals surface area contributed by atoms with Crippen LogP contribution in [0, 0.1) is 11.3 Å². The van der Waals surface area contributed by atoms with E-state index >= 15 is 0 Å². The van der Waals surface area contributed by atoms with Crippen molar-refractivity contribution in [2.75, 3.05) is 38.2 Å². The third kappa shape index (κ3) is 4.07. The summed E-state index contributed by atoms with van der Waals surface area (Å²) in [5.74, 6) is 0.790. The van der Waals surface area contributed by atoms with Gasteiger partial charge in [0.2, 0.25) is 0 Å². The predicted octanol–water partition coefficient (Wildman–Crippen LogP) is 2.44. The molecule has 2 aromatic rings. The average molecular weight is 308 g/mol. The van der Waals surface area contributed by atoms with Crippen LogP contribution >= 0.6 is 0 Å².